The molecule has 0 bridgehead atoms. The molecule has 0 atom stereocenters. The Labute approximate surface area is 197 Å². The van der Waals surface area contributed by atoms with E-state index in [0.29, 0.717) is 28.5 Å². The number of hydrogen-bond acceptors (Lipinski definition) is 4. The minimum Gasteiger partial charge on any atom is -0.332 e. The van der Waals surface area contributed by atoms with Gasteiger partial charge in [-0.05, 0) is 55.5 Å². The lowest BCUT2D eigenvalue weighted by atomic mass is 10.1. The van der Waals surface area contributed by atoms with Gasteiger partial charge in [0.1, 0.15) is 5.82 Å². The van der Waals surface area contributed by atoms with E-state index >= 15 is 0 Å². The molecule has 35 heavy (non-hydrogen) atoms. The minimum absolute atomic E-state index is 0.238. The van der Waals surface area contributed by atoms with E-state index in [1.807, 2.05) is 0 Å². The second-order valence-electron chi connectivity index (χ2n) is 7.80. The third kappa shape index (κ3) is 4.63. The van der Waals surface area contributed by atoms with Gasteiger partial charge in [0.25, 0.3) is 11.5 Å². The third-order valence-corrected chi connectivity index (χ3v) is 5.35. The van der Waals surface area contributed by atoms with Crippen LogP contribution in [-0.4, -0.2) is 39.9 Å². The average molecular weight is 480 g/mol. The fourth-order valence-electron chi connectivity index (χ4n) is 3.62. The van der Waals surface area contributed by atoms with Crippen molar-refractivity contribution in [1.29, 1.82) is 0 Å². The van der Waals surface area contributed by atoms with Gasteiger partial charge in [-0.1, -0.05) is 12.1 Å². The van der Waals surface area contributed by atoms with E-state index in [4.69, 9.17) is 0 Å². The van der Waals surface area contributed by atoms with Gasteiger partial charge in [0.2, 0.25) is 5.91 Å². The summed E-state index contributed by atoms with van der Waals surface area (Å²) in [5, 5.41) is 2.57. The van der Waals surface area contributed by atoms with E-state index in [9.17, 15) is 27.6 Å². The molecule has 178 valence electrons. The van der Waals surface area contributed by atoms with Crippen molar-refractivity contribution < 1.29 is 22.8 Å². The summed E-state index contributed by atoms with van der Waals surface area (Å²) in [6, 6.07) is 14.7. The first-order valence-electron chi connectivity index (χ1n) is 10.4. The first kappa shape index (κ1) is 23.7. The van der Waals surface area contributed by atoms with Crippen molar-refractivity contribution in [2.75, 3.05) is 18.9 Å². The summed E-state index contributed by atoms with van der Waals surface area (Å²) in [5.41, 5.74) is 0.551. The molecule has 0 saturated heterocycles. The smallest absolute Gasteiger partial charge is 0.265 e. The number of nitrogens with one attached hydrogen (secondary N) is 1. The number of anilines is 1. The normalized spacial score (nSPS) is 10.9. The van der Waals surface area contributed by atoms with Crippen LogP contribution in [0.2, 0.25) is 0 Å². The van der Waals surface area contributed by atoms with Gasteiger partial charge in [-0.3, -0.25) is 19.0 Å². The van der Waals surface area contributed by atoms with Crippen LogP contribution < -0.4 is 10.9 Å². The van der Waals surface area contributed by atoms with Crippen molar-refractivity contribution in [3.8, 4) is 5.69 Å². The molecule has 0 fully saturated rings. The Kier molecular flexibility index (Phi) is 6.37. The lowest BCUT2D eigenvalue weighted by molar-refractivity contribution is -0.116. The molecule has 3 aromatic carbocycles. The number of benzene rings is 3. The van der Waals surface area contributed by atoms with Crippen molar-refractivity contribution in [1.82, 2.24) is 14.5 Å². The van der Waals surface area contributed by atoms with Crippen LogP contribution in [-0.2, 0) is 4.79 Å². The number of fused-ring (bicyclic) bond motifs is 1. The largest absolute Gasteiger partial charge is 0.332 e. The van der Waals surface area contributed by atoms with Gasteiger partial charge in [0.05, 0.1) is 28.8 Å². The van der Waals surface area contributed by atoms with Crippen LogP contribution in [0.3, 0.4) is 0 Å². The molecule has 4 aromatic rings. The summed E-state index contributed by atoms with van der Waals surface area (Å²) in [7, 11) is 1.36. The van der Waals surface area contributed by atoms with E-state index in [1.165, 1.54) is 23.7 Å². The van der Waals surface area contributed by atoms with Gasteiger partial charge >= 0.3 is 0 Å². The molecule has 0 saturated carbocycles. The first-order chi connectivity index (χ1) is 16.7. The van der Waals surface area contributed by atoms with Crippen molar-refractivity contribution in [2.45, 2.75) is 6.92 Å². The van der Waals surface area contributed by atoms with Crippen LogP contribution in [0, 0.1) is 24.4 Å². The zero-order valence-corrected chi connectivity index (χ0v) is 18.7. The molecule has 0 spiro atoms. The predicted octanol–water partition coefficient (Wildman–Crippen LogP) is 3.82. The summed E-state index contributed by atoms with van der Waals surface area (Å²) < 4.78 is 41.6. The Morgan fingerprint density at radius 1 is 0.971 bits per heavy atom. The van der Waals surface area contributed by atoms with E-state index < -0.39 is 41.5 Å². The predicted molar refractivity (Wildman–Crippen MR) is 124 cm³/mol. The number of para-hydroxylation sites is 1. The number of nitrogens with zero attached hydrogens (tertiary/aromatic N) is 3. The molecule has 1 heterocycles. The molecular formula is C25H19F3N4O3. The molecule has 2 amide bonds. The topological polar surface area (TPSA) is 84.3 Å². The van der Waals surface area contributed by atoms with Crippen molar-refractivity contribution >= 4 is 28.4 Å². The minimum atomic E-state index is -1.71. The number of aryl methyl sites for hydroxylation is 1. The fraction of sp³-hybridized carbons (Fsp3) is 0.120. The Morgan fingerprint density at radius 3 is 2.37 bits per heavy atom. The van der Waals surface area contributed by atoms with E-state index in [1.54, 1.807) is 43.3 Å². The average Bonchev–Trinajstić information content (AvgIpc) is 2.84. The number of likely N-dealkylation sites (N-methyl/N-ethyl adjacent to an activating group) is 1. The van der Waals surface area contributed by atoms with Gasteiger partial charge < -0.3 is 10.2 Å². The standard InChI is InChI=1S/C25H19F3N4O3/c1-14-29-19-6-4-3-5-17(19)25(35)32(14)16-9-7-15(8-10-16)24(34)31(2)13-21(33)30-20-12-11-18(26)22(27)23(20)28/h3-12H,13H2,1-2H3,(H,30,33). The maximum atomic E-state index is 13.8. The Balaban J connectivity index is 1.49. The summed E-state index contributed by atoms with van der Waals surface area (Å²) >= 11 is 0. The molecule has 7 nitrogen and oxygen atoms in total. The van der Waals surface area contributed by atoms with Crippen molar-refractivity contribution in [3.05, 3.63) is 99.9 Å². The van der Waals surface area contributed by atoms with Gasteiger partial charge in [0, 0.05) is 12.6 Å². The van der Waals surface area contributed by atoms with Gasteiger partial charge in [0.15, 0.2) is 17.5 Å². The zero-order chi connectivity index (χ0) is 25.3. The molecule has 0 aliphatic rings. The van der Waals surface area contributed by atoms with E-state index in [0.717, 1.165) is 11.0 Å². The summed E-state index contributed by atoms with van der Waals surface area (Å²) in [6.07, 6.45) is 0. The summed E-state index contributed by atoms with van der Waals surface area (Å²) in [4.78, 5) is 43.4. The van der Waals surface area contributed by atoms with E-state index in [-0.39, 0.29) is 11.1 Å². The highest BCUT2D eigenvalue weighted by Crippen LogP contribution is 2.20. The van der Waals surface area contributed by atoms with Crippen molar-refractivity contribution in [2.24, 2.45) is 0 Å². The Bertz CT molecular complexity index is 1520. The molecule has 0 unspecified atom stereocenters. The molecule has 1 aromatic heterocycles. The summed E-state index contributed by atoms with van der Waals surface area (Å²) in [6.45, 7) is 1.24. The quantitative estimate of drug-likeness (QED) is 0.440. The van der Waals surface area contributed by atoms with Crippen LogP contribution in [0.1, 0.15) is 16.2 Å². The van der Waals surface area contributed by atoms with Crippen LogP contribution in [0.5, 0.6) is 0 Å². The molecule has 10 heteroatoms. The van der Waals surface area contributed by atoms with Gasteiger partial charge in [-0.25, -0.2) is 18.2 Å². The number of hydrogen-bond donors (Lipinski definition) is 1. The SMILES string of the molecule is Cc1nc2ccccc2c(=O)n1-c1ccc(C(=O)N(C)CC(=O)Nc2ccc(F)c(F)c2F)cc1. The second kappa shape index (κ2) is 9.41. The highest BCUT2D eigenvalue weighted by Gasteiger charge is 2.19. The number of carbonyl (C=O) groups is 2. The summed E-state index contributed by atoms with van der Waals surface area (Å²) in [5.74, 6) is -5.45. The first-order valence-corrected chi connectivity index (χ1v) is 10.4. The Morgan fingerprint density at radius 2 is 1.66 bits per heavy atom. The molecule has 4 rings (SSSR count). The lowest BCUT2D eigenvalue weighted by Crippen LogP contribution is -2.35. The number of rotatable bonds is 5. The Hall–Kier alpha value is -4.47. The highest BCUT2D eigenvalue weighted by atomic mass is 19.2. The molecule has 0 aliphatic heterocycles. The maximum Gasteiger partial charge on any atom is 0.265 e. The maximum absolute atomic E-state index is 13.8. The molecule has 0 aliphatic carbocycles. The van der Waals surface area contributed by atoms with Crippen LogP contribution >= 0.6 is 0 Å². The third-order valence-electron chi connectivity index (χ3n) is 5.35. The molecule has 0 radical (unpaired) electrons. The number of halogens is 3. The number of aromatic nitrogens is 2. The van der Waals surface area contributed by atoms with Gasteiger partial charge in [-0.2, -0.15) is 0 Å². The zero-order valence-electron chi connectivity index (χ0n) is 18.7. The number of amides is 2. The van der Waals surface area contributed by atoms with Crippen LogP contribution in [0.4, 0.5) is 18.9 Å². The second-order valence-corrected chi connectivity index (χ2v) is 7.80. The van der Waals surface area contributed by atoms with Crippen molar-refractivity contribution in [3.63, 3.8) is 0 Å². The van der Waals surface area contributed by atoms with Gasteiger partial charge in [-0.15, -0.1) is 0 Å². The van der Waals surface area contributed by atoms with Crippen LogP contribution in [0.25, 0.3) is 16.6 Å². The molecule has 1 N–H and O–H groups in total. The van der Waals surface area contributed by atoms with Crippen LogP contribution in [0.15, 0.2) is 65.5 Å². The highest BCUT2D eigenvalue weighted by molar-refractivity contribution is 5.99. The van der Waals surface area contributed by atoms with E-state index in [2.05, 4.69) is 10.3 Å². The fourth-order valence-corrected chi connectivity index (χ4v) is 3.62. The monoisotopic (exact) mass is 480 g/mol. The lowest BCUT2D eigenvalue weighted by Gasteiger charge is -2.18. The number of carbonyl (C=O) groups excluding carboxylic acids is 2. The molecular weight excluding hydrogens is 461 g/mol.